The molecule has 0 heterocycles. The maximum absolute atomic E-state index is 11.8. The Hall–Kier alpha value is -1.71. The number of hydrogen-bond donors (Lipinski definition) is 2. The molecule has 1 rings (SSSR count). The number of nitrogens with two attached hydrogens (primary N) is 1. The van der Waals surface area contributed by atoms with E-state index < -0.39 is 0 Å². The third kappa shape index (κ3) is 3.66. The lowest BCUT2D eigenvalue weighted by molar-refractivity contribution is 0.0948. The maximum atomic E-state index is 11.8. The van der Waals surface area contributed by atoms with Crippen LogP contribution in [0.5, 0.6) is 5.75 Å². The largest absolute Gasteiger partial charge is 0.495 e. The smallest absolute Gasteiger partial charge is 0.251 e. The van der Waals surface area contributed by atoms with Gasteiger partial charge in [0, 0.05) is 12.1 Å². The summed E-state index contributed by atoms with van der Waals surface area (Å²) in [7, 11) is 1.55. The number of anilines is 1. The molecule has 1 atom stereocenters. The minimum absolute atomic E-state index is 0.0975. The fourth-order valence-electron chi connectivity index (χ4n) is 1.39. The summed E-state index contributed by atoms with van der Waals surface area (Å²) in [5.41, 5.74) is 6.78. The van der Waals surface area contributed by atoms with E-state index in [1.807, 2.05) is 0 Å². The standard InChI is InChI=1S/C13H20N2O2/c1-4-9(2)8-15-13(16)10-5-6-12(17-3)11(14)7-10/h5-7,9H,4,8,14H2,1-3H3,(H,15,16). The highest BCUT2D eigenvalue weighted by Gasteiger charge is 2.09. The Morgan fingerprint density at radius 3 is 2.76 bits per heavy atom. The van der Waals surface area contributed by atoms with Crippen molar-refractivity contribution in [3.05, 3.63) is 23.8 Å². The van der Waals surface area contributed by atoms with E-state index >= 15 is 0 Å². The summed E-state index contributed by atoms with van der Waals surface area (Å²) in [5, 5.41) is 2.88. The number of benzene rings is 1. The number of methoxy groups -OCH3 is 1. The molecule has 0 spiro atoms. The normalized spacial score (nSPS) is 11.9. The number of ether oxygens (including phenoxy) is 1. The zero-order valence-corrected chi connectivity index (χ0v) is 10.6. The molecule has 1 aromatic carbocycles. The number of carbonyl (C=O) groups excluding carboxylic acids is 1. The molecule has 3 N–H and O–H groups in total. The average molecular weight is 236 g/mol. The number of amides is 1. The van der Waals surface area contributed by atoms with Gasteiger partial charge in [-0.1, -0.05) is 20.3 Å². The number of hydrogen-bond acceptors (Lipinski definition) is 3. The van der Waals surface area contributed by atoms with Crippen LogP contribution in [0, 0.1) is 5.92 Å². The van der Waals surface area contributed by atoms with E-state index in [1.54, 1.807) is 25.3 Å². The Morgan fingerprint density at radius 1 is 1.53 bits per heavy atom. The van der Waals surface area contributed by atoms with Crippen LogP contribution < -0.4 is 15.8 Å². The van der Waals surface area contributed by atoms with Gasteiger partial charge in [-0.3, -0.25) is 4.79 Å². The van der Waals surface area contributed by atoms with Gasteiger partial charge in [0.1, 0.15) is 5.75 Å². The molecule has 0 saturated carbocycles. The van der Waals surface area contributed by atoms with Gasteiger partial charge in [0.25, 0.3) is 5.91 Å². The van der Waals surface area contributed by atoms with E-state index in [0.29, 0.717) is 29.5 Å². The van der Waals surface area contributed by atoms with Crippen molar-refractivity contribution in [1.29, 1.82) is 0 Å². The average Bonchev–Trinajstić information content (AvgIpc) is 2.35. The van der Waals surface area contributed by atoms with Gasteiger partial charge in [-0.2, -0.15) is 0 Å². The zero-order valence-electron chi connectivity index (χ0n) is 10.6. The van der Waals surface area contributed by atoms with Crippen molar-refractivity contribution in [3.8, 4) is 5.75 Å². The third-order valence-corrected chi connectivity index (χ3v) is 2.80. The minimum Gasteiger partial charge on any atom is -0.495 e. The van der Waals surface area contributed by atoms with E-state index in [1.165, 1.54) is 0 Å². The molecule has 1 unspecified atom stereocenters. The Kier molecular flexibility index (Phi) is 4.82. The first-order valence-electron chi connectivity index (χ1n) is 5.80. The molecule has 0 aromatic heterocycles. The number of nitrogens with one attached hydrogen (secondary N) is 1. The van der Waals surface area contributed by atoms with Gasteiger partial charge in [-0.05, 0) is 24.1 Å². The predicted molar refractivity (Wildman–Crippen MR) is 69.2 cm³/mol. The van der Waals surface area contributed by atoms with Crippen LogP contribution in [0.4, 0.5) is 5.69 Å². The van der Waals surface area contributed by atoms with Gasteiger partial charge in [0.2, 0.25) is 0 Å². The van der Waals surface area contributed by atoms with E-state index in [9.17, 15) is 4.79 Å². The zero-order chi connectivity index (χ0) is 12.8. The van der Waals surface area contributed by atoms with Crippen LogP contribution in [0.2, 0.25) is 0 Å². The second-order valence-corrected chi connectivity index (χ2v) is 4.18. The van der Waals surface area contributed by atoms with Crippen LogP contribution in [0.3, 0.4) is 0 Å². The first-order chi connectivity index (χ1) is 8.08. The van der Waals surface area contributed by atoms with Gasteiger partial charge in [-0.25, -0.2) is 0 Å². The van der Waals surface area contributed by atoms with E-state index in [0.717, 1.165) is 6.42 Å². The Morgan fingerprint density at radius 2 is 2.24 bits per heavy atom. The van der Waals surface area contributed by atoms with Crippen LogP contribution in [-0.4, -0.2) is 19.6 Å². The molecule has 0 radical (unpaired) electrons. The fraction of sp³-hybridized carbons (Fsp3) is 0.462. The van der Waals surface area contributed by atoms with Crippen molar-refractivity contribution in [3.63, 3.8) is 0 Å². The number of nitrogen functional groups attached to an aromatic ring is 1. The van der Waals surface area contributed by atoms with Crippen LogP contribution in [0.15, 0.2) is 18.2 Å². The highest BCUT2D eigenvalue weighted by Crippen LogP contribution is 2.21. The van der Waals surface area contributed by atoms with Gasteiger partial charge in [0.05, 0.1) is 12.8 Å². The predicted octanol–water partition coefficient (Wildman–Crippen LogP) is 2.05. The van der Waals surface area contributed by atoms with Crippen molar-refractivity contribution in [2.75, 3.05) is 19.4 Å². The van der Waals surface area contributed by atoms with Gasteiger partial charge in [0.15, 0.2) is 0 Å². The molecule has 0 aliphatic carbocycles. The third-order valence-electron chi connectivity index (χ3n) is 2.80. The van der Waals surface area contributed by atoms with E-state index in [2.05, 4.69) is 19.2 Å². The molecule has 1 amide bonds. The molecule has 4 heteroatoms. The monoisotopic (exact) mass is 236 g/mol. The van der Waals surface area contributed by atoms with Gasteiger partial charge >= 0.3 is 0 Å². The van der Waals surface area contributed by atoms with Crippen LogP contribution in [0.1, 0.15) is 30.6 Å². The van der Waals surface area contributed by atoms with Crippen LogP contribution in [0.25, 0.3) is 0 Å². The Labute approximate surface area is 102 Å². The molecule has 0 aliphatic rings. The Bertz CT molecular complexity index is 391. The van der Waals surface area contributed by atoms with E-state index in [4.69, 9.17) is 10.5 Å². The second-order valence-electron chi connectivity index (χ2n) is 4.18. The lowest BCUT2D eigenvalue weighted by Crippen LogP contribution is -2.28. The summed E-state index contributed by atoms with van der Waals surface area (Å²) < 4.78 is 5.04. The molecule has 4 nitrogen and oxygen atoms in total. The summed E-state index contributed by atoms with van der Waals surface area (Å²) in [6.07, 6.45) is 1.05. The topological polar surface area (TPSA) is 64.3 Å². The van der Waals surface area contributed by atoms with Crippen molar-refractivity contribution in [2.45, 2.75) is 20.3 Å². The number of carbonyl (C=O) groups is 1. The Balaban J connectivity index is 2.66. The summed E-state index contributed by atoms with van der Waals surface area (Å²) >= 11 is 0. The highest BCUT2D eigenvalue weighted by molar-refractivity contribution is 5.95. The van der Waals surface area contributed by atoms with Crippen molar-refractivity contribution < 1.29 is 9.53 Å². The fourth-order valence-corrected chi connectivity index (χ4v) is 1.39. The molecule has 0 fully saturated rings. The first kappa shape index (κ1) is 13.4. The van der Waals surface area contributed by atoms with Crippen molar-refractivity contribution in [1.82, 2.24) is 5.32 Å². The quantitative estimate of drug-likeness (QED) is 0.769. The second kappa shape index (κ2) is 6.13. The maximum Gasteiger partial charge on any atom is 0.251 e. The molecule has 0 bridgehead atoms. The van der Waals surface area contributed by atoms with Crippen LogP contribution in [-0.2, 0) is 0 Å². The minimum atomic E-state index is -0.0975. The SMILES string of the molecule is CCC(C)CNC(=O)c1ccc(OC)c(N)c1. The molecule has 17 heavy (non-hydrogen) atoms. The lowest BCUT2D eigenvalue weighted by Gasteiger charge is -2.11. The highest BCUT2D eigenvalue weighted by atomic mass is 16.5. The molecular weight excluding hydrogens is 216 g/mol. The summed E-state index contributed by atoms with van der Waals surface area (Å²) in [4.78, 5) is 11.8. The molecular formula is C13H20N2O2. The van der Waals surface area contributed by atoms with Crippen molar-refractivity contribution >= 4 is 11.6 Å². The van der Waals surface area contributed by atoms with Gasteiger partial charge < -0.3 is 15.8 Å². The summed E-state index contributed by atoms with van der Waals surface area (Å²) in [6.45, 7) is 4.88. The van der Waals surface area contributed by atoms with Crippen molar-refractivity contribution in [2.24, 2.45) is 5.92 Å². The number of rotatable bonds is 5. The summed E-state index contributed by atoms with van der Waals surface area (Å²) in [6, 6.07) is 5.04. The van der Waals surface area contributed by atoms with Gasteiger partial charge in [-0.15, -0.1) is 0 Å². The van der Waals surface area contributed by atoms with E-state index in [-0.39, 0.29) is 5.91 Å². The molecule has 0 saturated heterocycles. The molecule has 0 aliphatic heterocycles. The van der Waals surface area contributed by atoms with Crippen LogP contribution >= 0.6 is 0 Å². The lowest BCUT2D eigenvalue weighted by atomic mass is 10.1. The molecule has 94 valence electrons. The summed E-state index contributed by atoms with van der Waals surface area (Å²) in [5.74, 6) is 0.970. The molecule has 1 aromatic rings. The first-order valence-corrected chi connectivity index (χ1v) is 5.80.